The molecule has 5 rings (SSSR count). The first kappa shape index (κ1) is 24.3. The number of nitrogens with one attached hydrogen (secondary N) is 1. The van der Waals surface area contributed by atoms with Crippen LogP contribution in [0.2, 0.25) is 0 Å². The first-order valence-corrected chi connectivity index (χ1v) is 13.7. The summed E-state index contributed by atoms with van der Waals surface area (Å²) in [7, 11) is 3.55. The normalized spacial score (nSPS) is 42.4. The van der Waals surface area contributed by atoms with E-state index in [1.807, 2.05) is 20.0 Å². The van der Waals surface area contributed by atoms with Crippen molar-refractivity contribution in [2.75, 3.05) is 13.7 Å². The molecular weight excluding hydrogens is 426 g/mol. The highest BCUT2D eigenvalue weighted by Crippen LogP contribution is 2.65. The minimum Gasteiger partial charge on any atom is -0.387 e. The van der Waals surface area contributed by atoms with Crippen LogP contribution in [0.4, 0.5) is 0 Å². The van der Waals surface area contributed by atoms with Gasteiger partial charge in [-0.1, -0.05) is 6.92 Å². The third-order valence-electron chi connectivity index (χ3n) is 10.8. The molecular formula is C28H45N3O3. The highest BCUT2D eigenvalue weighted by Gasteiger charge is 2.58. The molecule has 0 aromatic carbocycles. The number of aliphatic hydroxyl groups is 1. The predicted octanol–water partition coefficient (Wildman–Crippen LogP) is 4.49. The Morgan fingerprint density at radius 2 is 1.97 bits per heavy atom. The smallest absolute Gasteiger partial charge is 0.269 e. The molecule has 4 fully saturated rings. The number of amides is 1. The lowest BCUT2D eigenvalue weighted by atomic mass is 9.48. The Hall–Kier alpha value is -1.40. The van der Waals surface area contributed by atoms with E-state index < -0.39 is 5.60 Å². The maximum atomic E-state index is 13.0. The minimum absolute atomic E-state index is 0.00240. The number of aromatic nitrogens is 2. The Kier molecular flexibility index (Phi) is 6.37. The molecule has 34 heavy (non-hydrogen) atoms. The van der Waals surface area contributed by atoms with Gasteiger partial charge in [-0.2, -0.15) is 5.10 Å². The Bertz CT molecular complexity index is 915. The first-order valence-electron chi connectivity index (χ1n) is 13.7. The Morgan fingerprint density at radius 3 is 2.68 bits per heavy atom. The molecule has 1 heterocycles. The number of ether oxygens (including phenoxy) is 1. The van der Waals surface area contributed by atoms with Gasteiger partial charge in [-0.15, -0.1) is 0 Å². The number of methoxy groups -OCH3 is 1. The third kappa shape index (κ3) is 4.03. The van der Waals surface area contributed by atoms with E-state index in [0.29, 0.717) is 29.6 Å². The third-order valence-corrected chi connectivity index (χ3v) is 10.8. The zero-order valence-corrected chi connectivity index (χ0v) is 21.8. The lowest BCUT2D eigenvalue weighted by Crippen LogP contribution is -2.53. The summed E-state index contributed by atoms with van der Waals surface area (Å²) in [5, 5.41) is 18.7. The summed E-state index contributed by atoms with van der Waals surface area (Å²) in [6.07, 6.45) is 10.7. The van der Waals surface area contributed by atoms with Gasteiger partial charge in [-0.05, 0) is 119 Å². The van der Waals surface area contributed by atoms with Gasteiger partial charge in [0.25, 0.3) is 5.91 Å². The van der Waals surface area contributed by atoms with Crippen LogP contribution in [-0.2, 0) is 11.8 Å². The van der Waals surface area contributed by atoms with E-state index in [9.17, 15) is 9.90 Å². The summed E-state index contributed by atoms with van der Waals surface area (Å²) in [6, 6.07) is 2.05. The predicted molar refractivity (Wildman–Crippen MR) is 132 cm³/mol. The zero-order chi connectivity index (χ0) is 24.3. The molecule has 1 aromatic heterocycles. The van der Waals surface area contributed by atoms with Gasteiger partial charge >= 0.3 is 0 Å². The van der Waals surface area contributed by atoms with Crippen molar-refractivity contribution in [3.8, 4) is 0 Å². The fraction of sp³-hybridized carbons (Fsp3) is 0.857. The fourth-order valence-corrected chi connectivity index (χ4v) is 9.43. The van der Waals surface area contributed by atoms with Crippen molar-refractivity contribution >= 4 is 5.91 Å². The molecule has 0 aliphatic heterocycles. The molecule has 1 unspecified atom stereocenters. The quantitative estimate of drug-likeness (QED) is 0.663. The molecule has 0 spiro atoms. The number of rotatable bonds is 5. The molecule has 4 aliphatic carbocycles. The van der Waals surface area contributed by atoms with Crippen molar-refractivity contribution in [2.24, 2.45) is 48.0 Å². The molecule has 190 valence electrons. The van der Waals surface area contributed by atoms with Crippen molar-refractivity contribution in [3.63, 3.8) is 0 Å². The van der Waals surface area contributed by atoms with Crippen LogP contribution < -0.4 is 5.32 Å². The van der Waals surface area contributed by atoms with Crippen LogP contribution >= 0.6 is 0 Å². The van der Waals surface area contributed by atoms with E-state index >= 15 is 0 Å². The van der Waals surface area contributed by atoms with Crippen molar-refractivity contribution < 1.29 is 14.6 Å². The van der Waals surface area contributed by atoms with Crippen molar-refractivity contribution in [2.45, 2.75) is 90.2 Å². The lowest BCUT2D eigenvalue weighted by molar-refractivity contribution is -0.125. The molecule has 0 saturated heterocycles. The molecule has 6 nitrogen and oxygen atoms in total. The SMILES string of the molecule is COC[C@@]1(O)CC[C@H]2[C@H](CC[C@@H]3[C@@H]2CC[C@]2(C)C([C@@H](C)NC(=O)c4cc(C)nn4C)CC[C@@H]32)C1. The van der Waals surface area contributed by atoms with Crippen LogP contribution in [0.3, 0.4) is 0 Å². The van der Waals surface area contributed by atoms with Gasteiger partial charge < -0.3 is 15.2 Å². The van der Waals surface area contributed by atoms with E-state index in [0.717, 1.165) is 48.6 Å². The average molecular weight is 472 g/mol. The van der Waals surface area contributed by atoms with E-state index in [4.69, 9.17) is 4.74 Å². The van der Waals surface area contributed by atoms with Crippen LogP contribution in [0.1, 0.15) is 87.8 Å². The summed E-state index contributed by atoms with van der Waals surface area (Å²) >= 11 is 0. The van der Waals surface area contributed by atoms with Gasteiger partial charge in [0.05, 0.1) is 17.9 Å². The number of hydrogen-bond acceptors (Lipinski definition) is 4. The highest BCUT2D eigenvalue weighted by atomic mass is 16.5. The van der Waals surface area contributed by atoms with Gasteiger partial charge in [0.15, 0.2) is 0 Å². The molecule has 9 atom stereocenters. The number of hydrogen-bond donors (Lipinski definition) is 2. The Balaban J connectivity index is 1.26. The standard InChI is InChI=1S/C28H45N3O3/c1-17-14-25(31(4)30-17)26(32)29-18(2)23-8-9-24-22-7-6-19-15-28(33,16-34-5)13-11-20(19)21(22)10-12-27(23,24)3/h14,18-24,33H,6-13,15-16H2,1-5H3,(H,29,32)/t18-,19-,20+,21-,22-,23?,24+,27-,28-/m1/s1. The summed E-state index contributed by atoms with van der Waals surface area (Å²) in [6.45, 7) is 7.17. The maximum Gasteiger partial charge on any atom is 0.269 e. The van der Waals surface area contributed by atoms with E-state index in [1.54, 1.807) is 11.8 Å². The number of fused-ring (bicyclic) bond motifs is 5. The first-order chi connectivity index (χ1) is 16.1. The molecule has 1 amide bonds. The summed E-state index contributed by atoms with van der Waals surface area (Å²) in [5.41, 5.74) is 1.24. The van der Waals surface area contributed by atoms with Gasteiger partial charge in [-0.3, -0.25) is 9.48 Å². The molecule has 1 aromatic rings. The van der Waals surface area contributed by atoms with Crippen LogP contribution in [0.5, 0.6) is 0 Å². The number of nitrogens with zero attached hydrogens (tertiary/aromatic N) is 2. The fourth-order valence-electron chi connectivity index (χ4n) is 9.43. The van der Waals surface area contributed by atoms with Gasteiger partial charge in [-0.25, -0.2) is 0 Å². The molecule has 0 radical (unpaired) electrons. The average Bonchev–Trinajstić information content (AvgIpc) is 3.31. The molecule has 6 heteroatoms. The summed E-state index contributed by atoms with van der Waals surface area (Å²) in [4.78, 5) is 13.0. The van der Waals surface area contributed by atoms with Crippen molar-refractivity contribution in [1.29, 1.82) is 0 Å². The molecule has 4 aliphatic rings. The minimum atomic E-state index is -0.607. The Morgan fingerprint density at radius 1 is 1.21 bits per heavy atom. The number of aryl methyl sites for hydroxylation is 2. The van der Waals surface area contributed by atoms with Crippen molar-refractivity contribution in [3.05, 3.63) is 17.5 Å². The van der Waals surface area contributed by atoms with E-state index in [2.05, 4.69) is 24.3 Å². The highest BCUT2D eigenvalue weighted by molar-refractivity contribution is 5.92. The molecule has 4 saturated carbocycles. The maximum absolute atomic E-state index is 13.0. The largest absolute Gasteiger partial charge is 0.387 e. The second-order valence-electron chi connectivity index (χ2n) is 12.6. The van der Waals surface area contributed by atoms with Gasteiger partial charge in [0, 0.05) is 20.2 Å². The second kappa shape index (κ2) is 8.92. The van der Waals surface area contributed by atoms with Gasteiger partial charge in [0.1, 0.15) is 5.69 Å². The van der Waals surface area contributed by atoms with Gasteiger partial charge in [0.2, 0.25) is 0 Å². The van der Waals surface area contributed by atoms with E-state index in [1.165, 1.54) is 38.5 Å². The molecule has 0 bridgehead atoms. The zero-order valence-electron chi connectivity index (χ0n) is 21.8. The van der Waals surface area contributed by atoms with Crippen LogP contribution in [0.15, 0.2) is 6.07 Å². The van der Waals surface area contributed by atoms with Crippen LogP contribution in [0, 0.1) is 47.8 Å². The topological polar surface area (TPSA) is 76.4 Å². The number of carbonyl (C=O) groups excluding carboxylic acids is 1. The summed E-state index contributed by atoms with van der Waals surface area (Å²) in [5.74, 6) is 4.40. The van der Waals surface area contributed by atoms with Crippen LogP contribution in [0.25, 0.3) is 0 Å². The van der Waals surface area contributed by atoms with E-state index in [-0.39, 0.29) is 11.9 Å². The number of carbonyl (C=O) groups is 1. The van der Waals surface area contributed by atoms with Crippen molar-refractivity contribution in [1.82, 2.24) is 15.1 Å². The second-order valence-corrected chi connectivity index (χ2v) is 12.6. The Labute approximate surface area is 205 Å². The van der Waals surface area contributed by atoms with Crippen LogP contribution in [-0.4, -0.2) is 46.2 Å². The lowest BCUT2D eigenvalue weighted by Gasteiger charge is -2.57. The monoisotopic (exact) mass is 471 g/mol. The summed E-state index contributed by atoms with van der Waals surface area (Å²) < 4.78 is 7.05. The molecule has 2 N–H and O–H groups in total.